The van der Waals surface area contributed by atoms with Gasteiger partial charge >= 0.3 is 0 Å². The van der Waals surface area contributed by atoms with Crippen molar-refractivity contribution in [3.63, 3.8) is 0 Å². The molecule has 2 fully saturated rings. The summed E-state index contributed by atoms with van der Waals surface area (Å²) in [6.07, 6.45) is 7.76. The van der Waals surface area contributed by atoms with E-state index in [1.165, 1.54) is 44.1 Å². The van der Waals surface area contributed by atoms with Crippen LogP contribution in [-0.4, -0.2) is 60.3 Å². The van der Waals surface area contributed by atoms with E-state index in [2.05, 4.69) is 41.1 Å². The summed E-state index contributed by atoms with van der Waals surface area (Å²) in [4.78, 5) is 4.84. The number of aliphatic hydroxyl groups is 1. The van der Waals surface area contributed by atoms with Gasteiger partial charge < -0.3 is 14.7 Å². The molecular formula is C20H32N2O2. The number of hydrogen-bond acceptors (Lipinski definition) is 4. The molecule has 4 heteroatoms. The largest absolute Gasteiger partial charge is 0.490 e. The van der Waals surface area contributed by atoms with Gasteiger partial charge in [-0.25, -0.2) is 0 Å². The molecule has 0 unspecified atom stereocenters. The van der Waals surface area contributed by atoms with E-state index in [-0.39, 0.29) is 6.61 Å². The van der Waals surface area contributed by atoms with Gasteiger partial charge in [-0.15, -0.1) is 0 Å². The van der Waals surface area contributed by atoms with E-state index in [0.717, 1.165) is 31.9 Å². The van der Waals surface area contributed by atoms with Gasteiger partial charge in [-0.3, -0.25) is 4.90 Å². The minimum Gasteiger partial charge on any atom is -0.490 e. The highest BCUT2D eigenvalue weighted by molar-refractivity contribution is 5.28. The van der Waals surface area contributed by atoms with Crippen LogP contribution in [0.5, 0.6) is 5.75 Å². The van der Waals surface area contributed by atoms with Crippen LogP contribution in [0, 0.1) is 0 Å². The van der Waals surface area contributed by atoms with Crippen LogP contribution in [-0.2, 0) is 6.54 Å². The molecule has 4 nitrogen and oxygen atoms in total. The standard InChI is InChI=1S/C20H32N2O2/c1-21-11-9-18(10-12-21)22(13-14-23)16-17-5-4-8-20(15-17)24-19-6-2-3-7-19/h4-5,8,15,18-19,23H,2-3,6-7,9-14,16H2,1H3. The average Bonchev–Trinajstić information content (AvgIpc) is 3.09. The van der Waals surface area contributed by atoms with E-state index < -0.39 is 0 Å². The van der Waals surface area contributed by atoms with Gasteiger partial charge in [0.1, 0.15) is 5.75 Å². The Balaban J connectivity index is 1.61. The molecule has 1 heterocycles. The lowest BCUT2D eigenvalue weighted by atomic mass is 10.0. The number of hydrogen-bond donors (Lipinski definition) is 1. The number of piperidine rings is 1. The molecule has 1 aliphatic heterocycles. The lowest BCUT2D eigenvalue weighted by Crippen LogP contribution is -2.44. The fourth-order valence-corrected chi connectivity index (χ4v) is 4.03. The number of rotatable bonds is 7. The molecular weight excluding hydrogens is 300 g/mol. The van der Waals surface area contributed by atoms with Crippen LogP contribution in [0.3, 0.4) is 0 Å². The van der Waals surface area contributed by atoms with Crippen molar-refractivity contribution in [3.8, 4) is 5.75 Å². The number of nitrogens with zero attached hydrogens (tertiary/aromatic N) is 2. The van der Waals surface area contributed by atoms with Crippen molar-refractivity contribution in [1.82, 2.24) is 9.80 Å². The van der Waals surface area contributed by atoms with Crippen molar-refractivity contribution in [2.45, 2.75) is 57.2 Å². The zero-order valence-electron chi connectivity index (χ0n) is 15.0. The second-order valence-electron chi connectivity index (χ2n) is 7.40. The quantitative estimate of drug-likeness (QED) is 0.833. The van der Waals surface area contributed by atoms with E-state index in [4.69, 9.17) is 4.74 Å². The van der Waals surface area contributed by atoms with Crippen LogP contribution in [0.15, 0.2) is 24.3 Å². The van der Waals surface area contributed by atoms with Crippen LogP contribution < -0.4 is 4.74 Å². The predicted octanol–water partition coefficient (Wildman–Crippen LogP) is 2.90. The molecule has 0 bridgehead atoms. The summed E-state index contributed by atoms with van der Waals surface area (Å²) in [6, 6.07) is 9.13. The summed E-state index contributed by atoms with van der Waals surface area (Å²) in [6.45, 7) is 4.18. The van der Waals surface area contributed by atoms with Crippen molar-refractivity contribution in [2.24, 2.45) is 0 Å². The molecule has 0 radical (unpaired) electrons. The van der Waals surface area contributed by atoms with Gasteiger partial charge in [0.25, 0.3) is 0 Å². The van der Waals surface area contributed by atoms with Gasteiger partial charge in [0.2, 0.25) is 0 Å². The maximum atomic E-state index is 9.46. The van der Waals surface area contributed by atoms with Crippen molar-refractivity contribution in [1.29, 1.82) is 0 Å². The highest BCUT2D eigenvalue weighted by atomic mass is 16.5. The number of ether oxygens (including phenoxy) is 1. The van der Waals surface area contributed by atoms with Gasteiger partial charge in [-0.05, 0) is 76.4 Å². The molecule has 0 aromatic heterocycles. The molecule has 1 saturated heterocycles. The molecule has 134 valence electrons. The molecule has 0 amide bonds. The van der Waals surface area contributed by atoms with E-state index in [0.29, 0.717) is 12.1 Å². The van der Waals surface area contributed by atoms with Crippen molar-refractivity contribution in [3.05, 3.63) is 29.8 Å². The van der Waals surface area contributed by atoms with Gasteiger partial charge in [0.05, 0.1) is 12.7 Å². The van der Waals surface area contributed by atoms with Crippen LogP contribution in [0.1, 0.15) is 44.1 Å². The molecule has 0 spiro atoms. The zero-order valence-corrected chi connectivity index (χ0v) is 15.0. The number of benzene rings is 1. The summed E-state index contributed by atoms with van der Waals surface area (Å²) >= 11 is 0. The van der Waals surface area contributed by atoms with Crippen LogP contribution in [0.4, 0.5) is 0 Å². The van der Waals surface area contributed by atoms with E-state index >= 15 is 0 Å². The second kappa shape index (κ2) is 8.84. The second-order valence-corrected chi connectivity index (χ2v) is 7.40. The fraction of sp³-hybridized carbons (Fsp3) is 0.700. The summed E-state index contributed by atoms with van der Waals surface area (Å²) in [5, 5.41) is 9.46. The summed E-state index contributed by atoms with van der Waals surface area (Å²) in [7, 11) is 2.19. The maximum Gasteiger partial charge on any atom is 0.120 e. The van der Waals surface area contributed by atoms with Crippen molar-refractivity contribution >= 4 is 0 Å². The Labute approximate surface area is 146 Å². The molecule has 0 atom stereocenters. The first-order chi connectivity index (χ1) is 11.7. The minimum absolute atomic E-state index is 0.227. The monoisotopic (exact) mass is 332 g/mol. The number of aliphatic hydroxyl groups excluding tert-OH is 1. The van der Waals surface area contributed by atoms with Crippen LogP contribution >= 0.6 is 0 Å². The molecule has 1 saturated carbocycles. The van der Waals surface area contributed by atoms with Crippen molar-refractivity contribution < 1.29 is 9.84 Å². The summed E-state index contributed by atoms with van der Waals surface area (Å²) in [5.41, 5.74) is 1.29. The highest BCUT2D eigenvalue weighted by Gasteiger charge is 2.23. The Bertz CT molecular complexity index is 494. The predicted molar refractivity (Wildman–Crippen MR) is 97.3 cm³/mol. The van der Waals surface area contributed by atoms with E-state index in [1.807, 2.05) is 0 Å². The Morgan fingerprint density at radius 3 is 2.62 bits per heavy atom. The fourth-order valence-electron chi connectivity index (χ4n) is 4.03. The maximum absolute atomic E-state index is 9.46. The Morgan fingerprint density at radius 2 is 1.92 bits per heavy atom. The normalized spacial score (nSPS) is 20.8. The van der Waals surface area contributed by atoms with E-state index in [9.17, 15) is 5.11 Å². The highest BCUT2D eigenvalue weighted by Crippen LogP contribution is 2.25. The third-order valence-corrected chi connectivity index (χ3v) is 5.48. The molecule has 3 rings (SSSR count). The van der Waals surface area contributed by atoms with Crippen molar-refractivity contribution in [2.75, 3.05) is 33.3 Å². The third kappa shape index (κ3) is 4.95. The SMILES string of the molecule is CN1CCC(N(CCO)Cc2cccc(OC3CCCC3)c2)CC1. The first kappa shape index (κ1) is 17.7. The molecule has 1 N–H and O–H groups in total. The smallest absolute Gasteiger partial charge is 0.120 e. The third-order valence-electron chi connectivity index (χ3n) is 5.48. The Hall–Kier alpha value is -1.10. The summed E-state index contributed by atoms with van der Waals surface area (Å²) in [5.74, 6) is 1.01. The van der Waals surface area contributed by atoms with Gasteiger partial charge in [-0.1, -0.05) is 12.1 Å². The number of likely N-dealkylation sites (tertiary alicyclic amines) is 1. The molecule has 1 aromatic carbocycles. The minimum atomic E-state index is 0.227. The molecule has 24 heavy (non-hydrogen) atoms. The average molecular weight is 332 g/mol. The van der Waals surface area contributed by atoms with Crippen LogP contribution in [0.25, 0.3) is 0 Å². The van der Waals surface area contributed by atoms with Gasteiger partial charge in [-0.2, -0.15) is 0 Å². The lowest BCUT2D eigenvalue weighted by molar-refractivity contribution is 0.0940. The first-order valence-electron chi connectivity index (χ1n) is 9.53. The molecule has 1 aliphatic carbocycles. The topological polar surface area (TPSA) is 35.9 Å². The van der Waals surface area contributed by atoms with Crippen LogP contribution in [0.2, 0.25) is 0 Å². The zero-order chi connectivity index (χ0) is 16.8. The first-order valence-corrected chi connectivity index (χ1v) is 9.53. The lowest BCUT2D eigenvalue weighted by Gasteiger charge is -2.37. The van der Waals surface area contributed by atoms with E-state index in [1.54, 1.807) is 0 Å². The summed E-state index contributed by atoms with van der Waals surface area (Å²) < 4.78 is 6.14. The Morgan fingerprint density at radius 1 is 1.17 bits per heavy atom. The van der Waals surface area contributed by atoms with Gasteiger partial charge in [0, 0.05) is 19.1 Å². The molecule has 2 aliphatic rings. The van der Waals surface area contributed by atoms with Gasteiger partial charge in [0.15, 0.2) is 0 Å². The Kier molecular flexibility index (Phi) is 6.52. The molecule has 1 aromatic rings.